The normalized spacial score (nSPS) is 16.4. The van der Waals surface area contributed by atoms with Gasteiger partial charge in [0, 0.05) is 37.5 Å². The number of aryl methyl sites for hydroxylation is 1. The number of rotatable bonds is 9. The molecule has 0 bridgehead atoms. The van der Waals surface area contributed by atoms with Crippen LogP contribution in [0.1, 0.15) is 36.0 Å². The summed E-state index contributed by atoms with van der Waals surface area (Å²) in [4.78, 5) is 26.0. The number of primary amides is 1. The van der Waals surface area contributed by atoms with Crippen molar-refractivity contribution in [1.82, 2.24) is 14.7 Å². The summed E-state index contributed by atoms with van der Waals surface area (Å²) in [5.74, 6) is 1.68. The maximum absolute atomic E-state index is 12.1. The number of benzene rings is 2. The van der Waals surface area contributed by atoms with Crippen LogP contribution in [0.4, 0.5) is 0 Å². The summed E-state index contributed by atoms with van der Waals surface area (Å²) in [5.41, 5.74) is 6.69. The van der Waals surface area contributed by atoms with Gasteiger partial charge in [0.1, 0.15) is 23.9 Å². The summed E-state index contributed by atoms with van der Waals surface area (Å²) >= 11 is 0. The molecular weight excluding hydrogens is 448 g/mol. The van der Waals surface area contributed by atoms with Gasteiger partial charge in [-0.15, -0.1) is 0 Å². The van der Waals surface area contributed by atoms with Crippen molar-refractivity contribution in [3.8, 4) is 17.2 Å². The molecule has 1 saturated carbocycles. The highest BCUT2D eigenvalue weighted by molar-refractivity contribution is 6.00. The molecule has 3 aromatic rings. The predicted molar refractivity (Wildman–Crippen MR) is 130 cm³/mol. The van der Waals surface area contributed by atoms with E-state index in [1.165, 1.54) is 0 Å². The molecule has 35 heavy (non-hydrogen) atoms. The Morgan fingerprint density at radius 2 is 1.74 bits per heavy atom. The van der Waals surface area contributed by atoms with Crippen molar-refractivity contribution in [2.45, 2.75) is 31.8 Å². The van der Waals surface area contributed by atoms with E-state index in [9.17, 15) is 9.59 Å². The first-order chi connectivity index (χ1) is 17.0. The third kappa shape index (κ3) is 5.40. The summed E-state index contributed by atoms with van der Waals surface area (Å²) < 4.78 is 19.4. The second-order valence-corrected chi connectivity index (χ2v) is 9.13. The molecule has 9 heteroatoms. The summed E-state index contributed by atoms with van der Waals surface area (Å²) in [7, 11) is 1.82. The highest BCUT2D eigenvalue weighted by atomic mass is 16.5. The predicted octanol–water partition coefficient (Wildman–Crippen LogP) is 3.26. The molecule has 1 aliphatic heterocycles. The number of amides is 2. The number of ether oxygens (including phenoxy) is 3. The minimum Gasteiger partial charge on any atom is -0.491 e. The van der Waals surface area contributed by atoms with Crippen molar-refractivity contribution in [3.05, 3.63) is 48.2 Å². The van der Waals surface area contributed by atoms with Crippen LogP contribution in [0.15, 0.2) is 42.6 Å². The highest BCUT2D eigenvalue weighted by Crippen LogP contribution is 2.32. The minimum absolute atomic E-state index is 0.175. The second-order valence-electron chi connectivity index (χ2n) is 9.13. The molecule has 2 heterocycles. The summed E-state index contributed by atoms with van der Waals surface area (Å²) in [6, 6.07) is 10.6. The number of hydrogen-bond acceptors (Lipinski definition) is 6. The van der Waals surface area contributed by atoms with Gasteiger partial charge in [-0.25, -0.2) is 0 Å². The zero-order valence-electron chi connectivity index (χ0n) is 19.8. The Bertz CT molecular complexity index is 1210. The van der Waals surface area contributed by atoms with Crippen LogP contribution in [0, 0.1) is 5.92 Å². The van der Waals surface area contributed by atoms with E-state index in [-0.39, 0.29) is 12.0 Å². The Morgan fingerprint density at radius 3 is 2.43 bits per heavy atom. The van der Waals surface area contributed by atoms with Gasteiger partial charge in [0.15, 0.2) is 0 Å². The van der Waals surface area contributed by atoms with E-state index in [1.54, 1.807) is 35.1 Å². The molecule has 2 aliphatic rings. The summed E-state index contributed by atoms with van der Waals surface area (Å²) in [6.07, 6.45) is 5.71. The van der Waals surface area contributed by atoms with E-state index in [0.29, 0.717) is 41.9 Å². The smallest absolute Gasteiger partial charge is 0.252 e. The number of nitrogens with two attached hydrogens (primary N) is 1. The molecule has 9 nitrogen and oxygen atoms in total. The Balaban J connectivity index is 1.09. The van der Waals surface area contributed by atoms with Crippen molar-refractivity contribution in [2.24, 2.45) is 18.7 Å². The lowest BCUT2D eigenvalue weighted by Crippen LogP contribution is -2.41. The fourth-order valence-electron chi connectivity index (χ4n) is 4.39. The van der Waals surface area contributed by atoms with Crippen molar-refractivity contribution in [2.75, 3.05) is 26.3 Å². The van der Waals surface area contributed by atoms with Gasteiger partial charge < -0.3 is 24.8 Å². The van der Waals surface area contributed by atoms with Crippen LogP contribution in [0.5, 0.6) is 17.2 Å². The summed E-state index contributed by atoms with van der Waals surface area (Å²) in [6.45, 7) is 2.50. The number of aromatic nitrogens is 2. The molecule has 2 amide bonds. The van der Waals surface area contributed by atoms with Crippen LogP contribution in [0.3, 0.4) is 0 Å². The third-order valence-electron chi connectivity index (χ3n) is 6.55. The molecule has 184 valence electrons. The second kappa shape index (κ2) is 9.95. The van der Waals surface area contributed by atoms with Crippen LogP contribution in [-0.4, -0.2) is 58.9 Å². The Labute approximate surface area is 203 Å². The van der Waals surface area contributed by atoms with Crippen molar-refractivity contribution >= 4 is 22.7 Å². The lowest BCUT2D eigenvalue weighted by atomic mass is 10.1. The first-order valence-corrected chi connectivity index (χ1v) is 12.0. The maximum atomic E-state index is 12.1. The molecule has 0 unspecified atom stereocenters. The quantitative estimate of drug-likeness (QED) is 0.473. The Morgan fingerprint density at radius 1 is 1.03 bits per heavy atom. The Hall–Kier alpha value is -3.59. The van der Waals surface area contributed by atoms with Gasteiger partial charge in [0.05, 0.1) is 30.0 Å². The largest absolute Gasteiger partial charge is 0.491 e. The molecule has 1 saturated heterocycles. The van der Waals surface area contributed by atoms with Crippen LogP contribution in [0.25, 0.3) is 10.9 Å². The number of hydrogen-bond donors (Lipinski definition) is 1. The molecule has 5 rings (SSSR count). The molecule has 1 aliphatic carbocycles. The molecule has 0 spiro atoms. The van der Waals surface area contributed by atoms with Gasteiger partial charge in [-0.2, -0.15) is 5.10 Å². The standard InChI is InChI=1S/C26H30N4O5/c1-29-23-15-24(22(25(27)31)14-18(23)16-28-29)35-21-6-4-19(5-7-21)33-12-13-34-20-8-10-30(11-9-20)26(32)17-2-3-17/h4-7,14-17,20H,2-3,8-13H2,1H3,(H2,27,31). The molecule has 0 radical (unpaired) electrons. The fourth-order valence-corrected chi connectivity index (χ4v) is 4.39. The molecule has 2 aromatic carbocycles. The van der Waals surface area contributed by atoms with Crippen LogP contribution in [-0.2, 0) is 16.6 Å². The number of nitrogens with zero attached hydrogens (tertiary/aromatic N) is 3. The monoisotopic (exact) mass is 478 g/mol. The molecule has 1 aromatic heterocycles. The van der Waals surface area contributed by atoms with E-state index < -0.39 is 5.91 Å². The van der Waals surface area contributed by atoms with Gasteiger partial charge in [0.25, 0.3) is 5.91 Å². The maximum Gasteiger partial charge on any atom is 0.252 e. The number of piperidine rings is 1. The van der Waals surface area contributed by atoms with E-state index in [1.807, 2.05) is 24.1 Å². The third-order valence-corrected chi connectivity index (χ3v) is 6.55. The lowest BCUT2D eigenvalue weighted by molar-refractivity contribution is -0.135. The summed E-state index contributed by atoms with van der Waals surface area (Å²) in [5, 5.41) is 5.02. The van der Waals surface area contributed by atoms with Gasteiger partial charge in [-0.05, 0) is 56.0 Å². The fraction of sp³-hybridized carbons (Fsp3) is 0.423. The molecular formula is C26H30N4O5. The van der Waals surface area contributed by atoms with E-state index in [2.05, 4.69) is 5.10 Å². The first-order valence-electron chi connectivity index (χ1n) is 12.0. The number of likely N-dealkylation sites (tertiary alicyclic amines) is 1. The minimum atomic E-state index is -0.564. The van der Waals surface area contributed by atoms with Gasteiger partial charge >= 0.3 is 0 Å². The zero-order chi connectivity index (χ0) is 24.4. The SMILES string of the molecule is Cn1ncc2cc(C(N)=O)c(Oc3ccc(OCCOC4CCN(C(=O)C5CC5)CC4)cc3)cc21. The van der Waals surface area contributed by atoms with Crippen LogP contribution < -0.4 is 15.2 Å². The van der Waals surface area contributed by atoms with Gasteiger partial charge in [0.2, 0.25) is 5.91 Å². The van der Waals surface area contributed by atoms with Crippen LogP contribution in [0.2, 0.25) is 0 Å². The van der Waals surface area contributed by atoms with Gasteiger partial charge in [-0.1, -0.05) is 0 Å². The van der Waals surface area contributed by atoms with E-state index in [4.69, 9.17) is 19.9 Å². The van der Waals surface area contributed by atoms with Gasteiger partial charge in [-0.3, -0.25) is 14.3 Å². The number of carbonyl (C=O) groups excluding carboxylic acids is 2. The van der Waals surface area contributed by atoms with E-state index in [0.717, 1.165) is 49.7 Å². The van der Waals surface area contributed by atoms with Crippen LogP contribution >= 0.6 is 0 Å². The van der Waals surface area contributed by atoms with Crippen molar-refractivity contribution in [1.29, 1.82) is 0 Å². The average Bonchev–Trinajstić information content (AvgIpc) is 3.66. The Kier molecular flexibility index (Phi) is 6.59. The van der Waals surface area contributed by atoms with Crippen molar-refractivity contribution < 1.29 is 23.8 Å². The molecule has 2 N–H and O–H groups in total. The highest BCUT2D eigenvalue weighted by Gasteiger charge is 2.35. The zero-order valence-corrected chi connectivity index (χ0v) is 19.8. The van der Waals surface area contributed by atoms with Crippen molar-refractivity contribution in [3.63, 3.8) is 0 Å². The molecule has 2 fully saturated rings. The first kappa shape index (κ1) is 23.2. The molecule has 0 atom stereocenters. The van der Waals surface area contributed by atoms with E-state index >= 15 is 0 Å². The number of fused-ring (bicyclic) bond motifs is 1. The average molecular weight is 479 g/mol. The topological polar surface area (TPSA) is 109 Å². The lowest BCUT2D eigenvalue weighted by Gasteiger charge is -2.32. The number of carbonyl (C=O) groups is 2.